The molecule has 2 aromatic rings. The number of halogens is 1. The van der Waals surface area contributed by atoms with E-state index in [4.69, 9.17) is 4.74 Å². The number of benzene rings is 1. The first-order valence-corrected chi connectivity index (χ1v) is 7.86. The number of aryl methyl sites for hydroxylation is 1. The third-order valence-corrected chi connectivity index (χ3v) is 3.97. The molecule has 1 fully saturated rings. The highest BCUT2D eigenvalue weighted by Crippen LogP contribution is 2.21. The molecule has 7 heteroatoms. The largest absolute Gasteiger partial charge is 0.370 e. The first-order valence-electron chi connectivity index (χ1n) is 7.86. The smallest absolute Gasteiger partial charge is 0.194 e. The van der Waals surface area contributed by atoms with E-state index in [1.165, 1.54) is 5.56 Å². The topological polar surface area (TPSA) is 54.7 Å². The number of hydrogen-bond donors (Lipinski definition) is 1. The van der Waals surface area contributed by atoms with Crippen molar-refractivity contribution in [3.05, 3.63) is 53.9 Å². The lowest BCUT2D eigenvalue weighted by atomic mass is 10.1. The average Bonchev–Trinajstić information content (AvgIpc) is 3.03. The highest BCUT2D eigenvalue weighted by atomic mass is 127. The molecule has 0 bridgehead atoms. The van der Waals surface area contributed by atoms with Crippen LogP contribution in [0.15, 0.2) is 47.7 Å². The lowest BCUT2D eigenvalue weighted by Gasteiger charge is -2.34. The maximum atomic E-state index is 5.89. The SMILES string of the molecule is CN=C(NCc1ccccc1)N1CCOC(c2cnn(C)c2)C1.I. The van der Waals surface area contributed by atoms with Crippen molar-refractivity contribution >= 4 is 29.9 Å². The van der Waals surface area contributed by atoms with Gasteiger partial charge in [0, 0.05) is 38.9 Å². The van der Waals surface area contributed by atoms with E-state index < -0.39 is 0 Å². The summed E-state index contributed by atoms with van der Waals surface area (Å²) in [6, 6.07) is 10.3. The van der Waals surface area contributed by atoms with Gasteiger partial charge in [0.25, 0.3) is 0 Å². The zero-order valence-electron chi connectivity index (χ0n) is 14.1. The van der Waals surface area contributed by atoms with Gasteiger partial charge in [0.1, 0.15) is 6.10 Å². The number of hydrogen-bond acceptors (Lipinski definition) is 3. The molecular weight excluding hydrogens is 417 g/mol. The molecule has 1 aliphatic heterocycles. The van der Waals surface area contributed by atoms with Gasteiger partial charge in [-0.1, -0.05) is 30.3 Å². The molecule has 0 radical (unpaired) electrons. The predicted molar refractivity (Wildman–Crippen MR) is 106 cm³/mol. The van der Waals surface area contributed by atoms with Gasteiger partial charge >= 0.3 is 0 Å². The molecule has 1 saturated heterocycles. The summed E-state index contributed by atoms with van der Waals surface area (Å²) >= 11 is 0. The molecule has 24 heavy (non-hydrogen) atoms. The lowest BCUT2D eigenvalue weighted by molar-refractivity contribution is -0.00805. The second-order valence-electron chi connectivity index (χ2n) is 5.64. The fraction of sp³-hybridized carbons (Fsp3) is 0.412. The van der Waals surface area contributed by atoms with Crippen LogP contribution in [0.5, 0.6) is 0 Å². The number of morpholine rings is 1. The van der Waals surface area contributed by atoms with E-state index >= 15 is 0 Å². The molecule has 2 heterocycles. The van der Waals surface area contributed by atoms with Crippen molar-refractivity contribution in [2.45, 2.75) is 12.6 Å². The Morgan fingerprint density at radius 3 is 2.83 bits per heavy atom. The summed E-state index contributed by atoms with van der Waals surface area (Å²) in [5.41, 5.74) is 2.35. The van der Waals surface area contributed by atoms with Crippen LogP contribution in [0, 0.1) is 0 Å². The van der Waals surface area contributed by atoms with E-state index in [0.29, 0.717) is 6.61 Å². The Hall–Kier alpha value is -1.61. The van der Waals surface area contributed by atoms with Crippen molar-refractivity contribution in [3.8, 4) is 0 Å². The molecule has 0 saturated carbocycles. The van der Waals surface area contributed by atoms with Crippen LogP contribution < -0.4 is 5.32 Å². The molecule has 0 spiro atoms. The molecule has 130 valence electrons. The van der Waals surface area contributed by atoms with Crippen molar-refractivity contribution in [2.24, 2.45) is 12.0 Å². The standard InChI is InChI=1S/C17H23N5O.HI/c1-18-17(19-10-14-6-4-3-5-7-14)22-8-9-23-16(13-22)15-11-20-21(2)12-15;/h3-7,11-12,16H,8-10,13H2,1-2H3,(H,18,19);1H. The van der Waals surface area contributed by atoms with Crippen molar-refractivity contribution < 1.29 is 4.74 Å². The Kier molecular flexibility index (Phi) is 7.04. The van der Waals surface area contributed by atoms with Crippen LogP contribution in [-0.4, -0.2) is 47.4 Å². The minimum absolute atomic E-state index is 0. The third kappa shape index (κ3) is 4.70. The molecule has 1 atom stereocenters. The normalized spacial score (nSPS) is 18.2. The minimum Gasteiger partial charge on any atom is -0.370 e. The highest BCUT2D eigenvalue weighted by molar-refractivity contribution is 14.0. The molecule has 1 aromatic heterocycles. The molecular formula is C17H24IN5O. The first-order chi connectivity index (χ1) is 11.3. The van der Waals surface area contributed by atoms with Crippen LogP contribution in [0.25, 0.3) is 0 Å². The monoisotopic (exact) mass is 441 g/mol. The van der Waals surface area contributed by atoms with Gasteiger partial charge in [-0.3, -0.25) is 9.67 Å². The Morgan fingerprint density at radius 2 is 2.17 bits per heavy atom. The number of guanidine groups is 1. The van der Waals surface area contributed by atoms with E-state index in [-0.39, 0.29) is 30.1 Å². The maximum absolute atomic E-state index is 5.89. The van der Waals surface area contributed by atoms with E-state index in [1.54, 1.807) is 4.68 Å². The lowest BCUT2D eigenvalue weighted by Crippen LogP contribution is -2.47. The number of aromatic nitrogens is 2. The van der Waals surface area contributed by atoms with Crippen molar-refractivity contribution in [1.82, 2.24) is 20.0 Å². The Labute approximate surface area is 159 Å². The highest BCUT2D eigenvalue weighted by Gasteiger charge is 2.25. The average molecular weight is 441 g/mol. The number of nitrogens with zero attached hydrogens (tertiary/aromatic N) is 4. The van der Waals surface area contributed by atoms with Crippen molar-refractivity contribution in [2.75, 3.05) is 26.7 Å². The third-order valence-electron chi connectivity index (χ3n) is 3.97. The van der Waals surface area contributed by atoms with Crippen LogP contribution in [0.3, 0.4) is 0 Å². The van der Waals surface area contributed by atoms with E-state index in [1.807, 2.05) is 44.7 Å². The summed E-state index contributed by atoms with van der Waals surface area (Å²) < 4.78 is 7.69. The zero-order valence-corrected chi connectivity index (χ0v) is 16.4. The Balaban J connectivity index is 0.00000208. The summed E-state index contributed by atoms with van der Waals surface area (Å²) in [7, 11) is 3.74. The molecule has 1 aromatic carbocycles. The Bertz CT molecular complexity index is 658. The van der Waals surface area contributed by atoms with Gasteiger partial charge in [0.15, 0.2) is 5.96 Å². The summed E-state index contributed by atoms with van der Waals surface area (Å²) in [5.74, 6) is 0.908. The van der Waals surface area contributed by atoms with Gasteiger partial charge in [0.2, 0.25) is 0 Å². The van der Waals surface area contributed by atoms with Crippen LogP contribution in [-0.2, 0) is 18.3 Å². The fourth-order valence-electron chi connectivity index (χ4n) is 2.76. The van der Waals surface area contributed by atoms with E-state index in [9.17, 15) is 0 Å². The van der Waals surface area contributed by atoms with Gasteiger partial charge in [-0.25, -0.2) is 0 Å². The molecule has 1 N–H and O–H groups in total. The van der Waals surface area contributed by atoms with Gasteiger partial charge in [0.05, 0.1) is 19.3 Å². The number of nitrogens with one attached hydrogen (secondary N) is 1. The van der Waals surface area contributed by atoms with Gasteiger partial charge < -0.3 is 15.0 Å². The Morgan fingerprint density at radius 1 is 1.38 bits per heavy atom. The van der Waals surface area contributed by atoms with Gasteiger partial charge in [-0.15, -0.1) is 24.0 Å². The quantitative estimate of drug-likeness (QED) is 0.451. The van der Waals surface area contributed by atoms with Gasteiger partial charge in [-0.2, -0.15) is 5.10 Å². The van der Waals surface area contributed by atoms with Crippen molar-refractivity contribution in [1.29, 1.82) is 0 Å². The number of ether oxygens (including phenoxy) is 1. The second kappa shape index (κ2) is 9.03. The van der Waals surface area contributed by atoms with E-state index in [0.717, 1.165) is 31.2 Å². The number of rotatable bonds is 3. The van der Waals surface area contributed by atoms with Crippen LogP contribution in [0.4, 0.5) is 0 Å². The summed E-state index contributed by atoms with van der Waals surface area (Å²) in [5, 5.41) is 7.66. The maximum Gasteiger partial charge on any atom is 0.194 e. The van der Waals surface area contributed by atoms with Gasteiger partial charge in [-0.05, 0) is 5.56 Å². The van der Waals surface area contributed by atoms with Crippen molar-refractivity contribution in [3.63, 3.8) is 0 Å². The number of aliphatic imine (C=N–C) groups is 1. The van der Waals surface area contributed by atoms with Crippen LogP contribution in [0.2, 0.25) is 0 Å². The van der Waals surface area contributed by atoms with E-state index in [2.05, 4.69) is 32.4 Å². The second-order valence-corrected chi connectivity index (χ2v) is 5.64. The minimum atomic E-state index is 0. The predicted octanol–water partition coefficient (Wildman–Crippen LogP) is 2.19. The zero-order chi connectivity index (χ0) is 16.1. The fourth-order valence-corrected chi connectivity index (χ4v) is 2.76. The summed E-state index contributed by atoms with van der Waals surface area (Å²) in [4.78, 5) is 6.66. The summed E-state index contributed by atoms with van der Waals surface area (Å²) in [6.07, 6.45) is 3.91. The van der Waals surface area contributed by atoms with Crippen LogP contribution in [0.1, 0.15) is 17.2 Å². The summed E-state index contributed by atoms with van der Waals surface area (Å²) in [6.45, 7) is 3.07. The van der Waals surface area contributed by atoms with Crippen LogP contribution >= 0.6 is 24.0 Å². The molecule has 1 aliphatic rings. The molecule has 3 rings (SSSR count). The molecule has 0 aliphatic carbocycles. The first kappa shape index (κ1) is 18.7. The molecule has 6 nitrogen and oxygen atoms in total. The molecule has 1 unspecified atom stereocenters. The molecule has 0 amide bonds.